The van der Waals surface area contributed by atoms with E-state index in [1.807, 2.05) is 32.6 Å². The average molecular weight is 397 g/mol. The molecule has 4 aromatic rings. The number of pyridine rings is 1. The van der Waals surface area contributed by atoms with Crippen LogP contribution < -0.4 is 10.2 Å². The molecule has 0 bridgehead atoms. The van der Waals surface area contributed by atoms with Gasteiger partial charge in [-0.05, 0) is 35.9 Å². The lowest BCUT2D eigenvalue weighted by Gasteiger charge is -2.24. The van der Waals surface area contributed by atoms with E-state index in [0.29, 0.717) is 0 Å². The molecule has 0 saturated heterocycles. The van der Waals surface area contributed by atoms with Gasteiger partial charge in [0.2, 0.25) is 0 Å². The Morgan fingerprint density at radius 3 is 2.93 bits per heavy atom. The van der Waals surface area contributed by atoms with Gasteiger partial charge in [0.15, 0.2) is 0 Å². The average Bonchev–Trinajstić information content (AvgIpc) is 3.39. The van der Waals surface area contributed by atoms with Crippen molar-refractivity contribution in [2.45, 2.75) is 12.5 Å². The first-order chi connectivity index (χ1) is 14.6. The molecule has 1 aromatic carbocycles. The van der Waals surface area contributed by atoms with Crippen molar-refractivity contribution in [3.05, 3.63) is 78.5 Å². The van der Waals surface area contributed by atoms with Crippen molar-refractivity contribution < 1.29 is 4.79 Å². The van der Waals surface area contributed by atoms with Gasteiger partial charge in [-0.2, -0.15) is 0 Å². The summed E-state index contributed by atoms with van der Waals surface area (Å²) >= 11 is 0. The van der Waals surface area contributed by atoms with Crippen molar-refractivity contribution in [2.24, 2.45) is 0 Å². The molecule has 1 atom stereocenters. The minimum Gasteiger partial charge on any atom is -0.378 e. The number of fused-ring (bicyclic) bond motifs is 2. The van der Waals surface area contributed by atoms with Gasteiger partial charge in [-0.3, -0.25) is 0 Å². The van der Waals surface area contributed by atoms with Gasteiger partial charge in [0.25, 0.3) is 0 Å². The summed E-state index contributed by atoms with van der Waals surface area (Å²) in [6, 6.07) is 14.2. The monoisotopic (exact) mass is 397 g/mol. The topological polar surface area (TPSA) is 66.0 Å². The summed E-state index contributed by atoms with van der Waals surface area (Å²) in [5.41, 5.74) is 7.44. The Morgan fingerprint density at radius 1 is 1.20 bits per heavy atom. The fourth-order valence-electron chi connectivity index (χ4n) is 4.05. The molecule has 0 saturated carbocycles. The van der Waals surface area contributed by atoms with Crippen LogP contribution >= 0.6 is 0 Å². The number of anilines is 1. The molecule has 0 fully saturated rings. The molecule has 150 valence electrons. The summed E-state index contributed by atoms with van der Waals surface area (Å²) in [5, 5.41) is 4.32. The fraction of sp³-hybridized carbons (Fsp3) is 0.167. The van der Waals surface area contributed by atoms with E-state index in [-0.39, 0.29) is 6.04 Å². The zero-order chi connectivity index (χ0) is 20.7. The van der Waals surface area contributed by atoms with Crippen LogP contribution in [0, 0.1) is 0 Å². The number of nitrogens with zero attached hydrogens (tertiary/aromatic N) is 3. The van der Waals surface area contributed by atoms with E-state index < -0.39 is 0 Å². The molecule has 5 rings (SSSR count). The SMILES string of the molecule is CN(C)c1cccc(CC2=CNC(C=O)c3cc(-c4c[nH]c5ncccc45)cn32)c1. The molecule has 0 radical (unpaired) electrons. The van der Waals surface area contributed by atoms with Gasteiger partial charge in [0.1, 0.15) is 18.0 Å². The van der Waals surface area contributed by atoms with E-state index >= 15 is 0 Å². The number of aldehydes is 1. The maximum absolute atomic E-state index is 11.7. The predicted molar refractivity (Wildman–Crippen MR) is 120 cm³/mol. The zero-order valence-electron chi connectivity index (χ0n) is 17.0. The third-order valence-electron chi connectivity index (χ3n) is 5.62. The molecule has 1 aliphatic heterocycles. The number of aromatic nitrogens is 3. The summed E-state index contributed by atoms with van der Waals surface area (Å²) in [6.07, 6.45) is 9.54. The van der Waals surface area contributed by atoms with Crippen molar-refractivity contribution >= 4 is 28.7 Å². The number of benzene rings is 1. The standard InChI is InChI=1S/C24H23N5O/c1-28(2)18-6-3-5-16(9-18)10-19-12-26-22(15-30)23-11-17(14-29(19)23)21-13-27-24-20(21)7-4-8-25-24/h3-9,11-15,22,26H,10H2,1-2H3,(H,25,27). The summed E-state index contributed by atoms with van der Waals surface area (Å²) in [6.45, 7) is 0. The summed E-state index contributed by atoms with van der Waals surface area (Å²) in [4.78, 5) is 21.4. The number of H-pyrrole nitrogens is 1. The quantitative estimate of drug-likeness (QED) is 0.500. The Hall–Kier alpha value is -3.80. The highest BCUT2D eigenvalue weighted by atomic mass is 16.1. The van der Waals surface area contributed by atoms with Crippen molar-refractivity contribution in [3.63, 3.8) is 0 Å². The Labute approximate surface area is 174 Å². The van der Waals surface area contributed by atoms with Gasteiger partial charge in [-0.25, -0.2) is 4.98 Å². The zero-order valence-corrected chi connectivity index (χ0v) is 17.0. The maximum Gasteiger partial charge on any atom is 0.148 e. The van der Waals surface area contributed by atoms with Gasteiger partial charge < -0.3 is 24.6 Å². The highest BCUT2D eigenvalue weighted by molar-refractivity contribution is 5.94. The van der Waals surface area contributed by atoms with Gasteiger partial charge in [0, 0.05) is 73.2 Å². The molecule has 30 heavy (non-hydrogen) atoms. The summed E-state index contributed by atoms with van der Waals surface area (Å²) in [5.74, 6) is 0. The third kappa shape index (κ3) is 3.06. The second kappa shape index (κ2) is 7.22. The molecule has 1 aliphatic rings. The number of hydrogen-bond donors (Lipinski definition) is 2. The van der Waals surface area contributed by atoms with Crippen molar-refractivity contribution in [2.75, 3.05) is 19.0 Å². The van der Waals surface area contributed by atoms with Crippen LogP contribution in [0.25, 0.3) is 27.9 Å². The van der Waals surface area contributed by atoms with Crippen LogP contribution in [0.3, 0.4) is 0 Å². The number of carbonyl (C=O) groups excluding carboxylic acids is 1. The molecule has 0 amide bonds. The van der Waals surface area contributed by atoms with E-state index in [1.165, 1.54) is 11.3 Å². The molecule has 3 aromatic heterocycles. The van der Waals surface area contributed by atoms with Crippen molar-refractivity contribution in [1.29, 1.82) is 0 Å². The van der Waals surface area contributed by atoms with Gasteiger partial charge >= 0.3 is 0 Å². The van der Waals surface area contributed by atoms with Crippen LogP contribution in [0.1, 0.15) is 17.3 Å². The van der Waals surface area contributed by atoms with Gasteiger partial charge in [-0.1, -0.05) is 12.1 Å². The van der Waals surface area contributed by atoms with Gasteiger partial charge in [-0.15, -0.1) is 0 Å². The Bertz CT molecular complexity index is 1260. The van der Waals surface area contributed by atoms with Crippen LogP contribution in [0.15, 0.2) is 67.3 Å². The lowest BCUT2D eigenvalue weighted by atomic mass is 10.1. The number of carbonyl (C=O) groups is 1. The van der Waals surface area contributed by atoms with E-state index in [0.717, 1.165) is 46.3 Å². The first kappa shape index (κ1) is 18.2. The summed E-state index contributed by atoms with van der Waals surface area (Å²) < 4.78 is 2.14. The molecule has 2 N–H and O–H groups in total. The maximum atomic E-state index is 11.7. The van der Waals surface area contributed by atoms with Crippen LogP contribution in [0.4, 0.5) is 5.69 Å². The lowest BCUT2D eigenvalue weighted by molar-refractivity contribution is -0.109. The predicted octanol–water partition coefficient (Wildman–Crippen LogP) is 3.98. The molecule has 0 aliphatic carbocycles. The van der Waals surface area contributed by atoms with Gasteiger partial charge in [0.05, 0.1) is 5.69 Å². The molecular weight excluding hydrogens is 374 g/mol. The molecule has 6 heteroatoms. The highest BCUT2D eigenvalue weighted by Crippen LogP contribution is 2.34. The van der Waals surface area contributed by atoms with Crippen molar-refractivity contribution in [1.82, 2.24) is 19.9 Å². The van der Waals surface area contributed by atoms with E-state index in [4.69, 9.17) is 0 Å². The molecular formula is C24H23N5O. The van der Waals surface area contributed by atoms with E-state index in [9.17, 15) is 4.79 Å². The van der Waals surface area contributed by atoms with Crippen LogP contribution in [0.5, 0.6) is 0 Å². The minimum absolute atomic E-state index is 0.362. The van der Waals surface area contributed by atoms with E-state index in [2.05, 4.69) is 67.3 Å². The first-order valence-corrected chi connectivity index (χ1v) is 9.96. The lowest BCUT2D eigenvalue weighted by Crippen LogP contribution is -2.26. The smallest absolute Gasteiger partial charge is 0.148 e. The fourth-order valence-corrected chi connectivity index (χ4v) is 4.05. The second-order valence-corrected chi connectivity index (χ2v) is 7.78. The van der Waals surface area contributed by atoms with Crippen LogP contribution in [-0.2, 0) is 11.2 Å². The number of allylic oxidation sites excluding steroid dienone is 1. The van der Waals surface area contributed by atoms with E-state index in [1.54, 1.807) is 6.20 Å². The second-order valence-electron chi connectivity index (χ2n) is 7.78. The van der Waals surface area contributed by atoms with Crippen molar-refractivity contribution in [3.8, 4) is 11.1 Å². The number of nitrogens with one attached hydrogen (secondary N) is 2. The number of hydrogen-bond acceptors (Lipinski definition) is 4. The first-order valence-electron chi connectivity index (χ1n) is 9.96. The minimum atomic E-state index is -0.362. The number of aromatic amines is 1. The summed E-state index contributed by atoms with van der Waals surface area (Å²) in [7, 11) is 4.09. The molecule has 1 unspecified atom stereocenters. The molecule has 6 nitrogen and oxygen atoms in total. The highest BCUT2D eigenvalue weighted by Gasteiger charge is 2.23. The Balaban J connectivity index is 1.55. The number of rotatable bonds is 5. The molecule has 0 spiro atoms. The Kier molecular flexibility index (Phi) is 4.39. The molecule has 4 heterocycles. The van der Waals surface area contributed by atoms with Crippen LogP contribution in [0.2, 0.25) is 0 Å². The Morgan fingerprint density at radius 2 is 2.10 bits per heavy atom. The largest absolute Gasteiger partial charge is 0.378 e. The van der Waals surface area contributed by atoms with Crippen LogP contribution in [-0.4, -0.2) is 34.9 Å². The normalized spacial score (nSPS) is 15.4. The third-order valence-corrected chi connectivity index (χ3v) is 5.62.